The topological polar surface area (TPSA) is 41.8 Å². The van der Waals surface area contributed by atoms with Crippen LogP contribution in [-0.2, 0) is 4.84 Å². The van der Waals surface area contributed by atoms with Crippen molar-refractivity contribution in [2.45, 2.75) is 60.2 Å². The molecule has 0 bridgehead atoms. The molecule has 0 aromatic heterocycles. The van der Waals surface area contributed by atoms with E-state index in [1.165, 1.54) is 0 Å². The average Bonchev–Trinajstić information content (AvgIpc) is 2.36. The molecule has 1 unspecified atom stereocenters. The first kappa shape index (κ1) is 12.5. The van der Waals surface area contributed by atoms with E-state index >= 15 is 0 Å². The second kappa shape index (κ2) is 3.48. The summed E-state index contributed by atoms with van der Waals surface area (Å²) < 4.78 is 0. The molecule has 1 rings (SSSR count). The van der Waals surface area contributed by atoms with Gasteiger partial charge in [-0.15, -0.1) is 0 Å². The van der Waals surface area contributed by atoms with Crippen LogP contribution in [0.2, 0.25) is 0 Å². The van der Waals surface area contributed by atoms with Crippen LogP contribution in [0.15, 0.2) is 5.16 Å². The summed E-state index contributed by atoms with van der Waals surface area (Å²) in [7, 11) is 0. The van der Waals surface area contributed by atoms with Crippen molar-refractivity contribution in [2.24, 2.45) is 16.0 Å². The quantitative estimate of drug-likeness (QED) is 0.766. The molecule has 3 heteroatoms. The number of oxime groups is 1. The highest BCUT2D eigenvalue weighted by molar-refractivity contribution is 5.96. The molecule has 1 heterocycles. The van der Waals surface area contributed by atoms with Crippen molar-refractivity contribution in [2.75, 3.05) is 0 Å². The van der Waals surface area contributed by atoms with Gasteiger partial charge in [0.1, 0.15) is 0 Å². The van der Waals surface area contributed by atoms with E-state index in [1.807, 2.05) is 0 Å². The second-order valence-corrected chi connectivity index (χ2v) is 5.55. The number of nitrogens with zero attached hydrogens (tertiary/aromatic N) is 1. The van der Waals surface area contributed by atoms with Crippen LogP contribution in [0.3, 0.4) is 0 Å². The second-order valence-electron chi connectivity index (χ2n) is 5.55. The molecular formula is C12H23NO2. The highest BCUT2D eigenvalue weighted by Gasteiger charge is 2.57. The molecule has 1 atom stereocenters. The van der Waals surface area contributed by atoms with Crippen LogP contribution in [0.5, 0.6) is 0 Å². The standard InChI is InChI=1S/C12H23NO2/c1-7-12(8-2)9(10(3,4)5)13-15-11(12,6)14/h14H,7-8H2,1-6H3. The summed E-state index contributed by atoms with van der Waals surface area (Å²) in [6, 6.07) is 0. The van der Waals surface area contributed by atoms with Crippen molar-refractivity contribution >= 4 is 5.71 Å². The highest BCUT2D eigenvalue weighted by Crippen LogP contribution is 2.49. The Labute approximate surface area is 92.5 Å². The van der Waals surface area contributed by atoms with Crippen molar-refractivity contribution in [3.05, 3.63) is 0 Å². The summed E-state index contributed by atoms with van der Waals surface area (Å²) in [5, 5.41) is 14.4. The maximum atomic E-state index is 10.3. The lowest BCUT2D eigenvalue weighted by Gasteiger charge is -2.40. The van der Waals surface area contributed by atoms with Gasteiger partial charge in [0.05, 0.1) is 11.1 Å². The molecule has 0 aliphatic carbocycles. The Morgan fingerprint density at radius 2 is 1.73 bits per heavy atom. The van der Waals surface area contributed by atoms with Gasteiger partial charge in [-0.3, -0.25) is 0 Å². The molecule has 0 saturated heterocycles. The van der Waals surface area contributed by atoms with Crippen molar-refractivity contribution in [1.29, 1.82) is 0 Å². The monoisotopic (exact) mass is 213 g/mol. The minimum absolute atomic E-state index is 0.0630. The molecule has 0 spiro atoms. The third-order valence-corrected chi connectivity index (χ3v) is 3.57. The van der Waals surface area contributed by atoms with Crippen LogP contribution >= 0.6 is 0 Å². The number of aliphatic hydroxyl groups is 1. The number of hydrogen-bond acceptors (Lipinski definition) is 3. The Balaban J connectivity index is 3.21. The van der Waals surface area contributed by atoms with Gasteiger partial charge in [0.25, 0.3) is 0 Å². The van der Waals surface area contributed by atoms with Crippen LogP contribution in [-0.4, -0.2) is 16.6 Å². The van der Waals surface area contributed by atoms with Crippen LogP contribution in [0.1, 0.15) is 54.4 Å². The van der Waals surface area contributed by atoms with Crippen molar-refractivity contribution in [3.63, 3.8) is 0 Å². The largest absolute Gasteiger partial charge is 0.360 e. The Hall–Kier alpha value is -0.570. The van der Waals surface area contributed by atoms with Crippen LogP contribution in [0, 0.1) is 10.8 Å². The fourth-order valence-electron chi connectivity index (χ4n) is 2.62. The molecule has 0 aromatic carbocycles. The van der Waals surface area contributed by atoms with E-state index in [0.29, 0.717) is 0 Å². The third-order valence-electron chi connectivity index (χ3n) is 3.57. The highest BCUT2D eigenvalue weighted by atomic mass is 16.7. The van der Waals surface area contributed by atoms with E-state index in [9.17, 15) is 5.11 Å². The fraction of sp³-hybridized carbons (Fsp3) is 0.917. The van der Waals surface area contributed by atoms with E-state index in [1.54, 1.807) is 6.92 Å². The molecule has 1 N–H and O–H groups in total. The van der Waals surface area contributed by atoms with Crippen LogP contribution in [0.25, 0.3) is 0 Å². The van der Waals surface area contributed by atoms with Crippen molar-refractivity contribution in [1.82, 2.24) is 0 Å². The van der Waals surface area contributed by atoms with E-state index < -0.39 is 5.79 Å². The first-order valence-electron chi connectivity index (χ1n) is 5.71. The molecule has 0 amide bonds. The van der Waals surface area contributed by atoms with E-state index in [0.717, 1.165) is 18.6 Å². The van der Waals surface area contributed by atoms with Gasteiger partial charge in [-0.1, -0.05) is 39.8 Å². The first-order chi connectivity index (χ1) is 6.71. The molecule has 15 heavy (non-hydrogen) atoms. The van der Waals surface area contributed by atoms with E-state index in [4.69, 9.17) is 4.84 Å². The zero-order chi connectivity index (χ0) is 11.9. The smallest absolute Gasteiger partial charge is 0.242 e. The molecule has 0 fully saturated rings. The first-order valence-corrected chi connectivity index (χ1v) is 5.71. The SMILES string of the molecule is CCC1(CC)C(C(C)(C)C)=NOC1(C)O. The van der Waals surface area contributed by atoms with Crippen molar-refractivity contribution in [3.8, 4) is 0 Å². The van der Waals surface area contributed by atoms with Gasteiger partial charge in [-0.2, -0.15) is 0 Å². The summed E-state index contributed by atoms with van der Waals surface area (Å²) in [6.45, 7) is 12.2. The van der Waals surface area contributed by atoms with Gasteiger partial charge in [0, 0.05) is 12.3 Å². The molecular weight excluding hydrogens is 190 g/mol. The van der Waals surface area contributed by atoms with Gasteiger partial charge < -0.3 is 9.94 Å². The Morgan fingerprint density at radius 3 is 2.00 bits per heavy atom. The van der Waals surface area contributed by atoms with Gasteiger partial charge >= 0.3 is 0 Å². The lowest BCUT2D eigenvalue weighted by molar-refractivity contribution is -0.225. The molecule has 0 aromatic rings. The Bertz CT molecular complexity index is 270. The summed E-state index contributed by atoms with van der Waals surface area (Å²) in [5.74, 6) is -1.17. The minimum atomic E-state index is -1.17. The zero-order valence-electron chi connectivity index (χ0n) is 10.7. The predicted octanol–water partition coefficient (Wildman–Crippen LogP) is 2.93. The zero-order valence-corrected chi connectivity index (χ0v) is 10.7. The van der Waals surface area contributed by atoms with E-state index in [2.05, 4.69) is 39.8 Å². The normalized spacial score (nSPS) is 29.9. The fourth-order valence-corrected chi connectivity index (χ4v) is 2.62. The summed E-state index contributed by atoms with van der Waals surface area (Å²) in [5.41, 5.74) is 0.572. The number of hydrogen-bond donors (Lipinski definition) is 1. The van der Waals surface area contributed by atoms with Gasteiger partial charge in [0.2, 0.25) is 5.79 Å². The van der Waals surface area contributed by atoms with Gasteiger partial charge in [0.15, 0.2) is 0 Å². The van der Waals surface area contributed by atoms with Crippen LogP contribution in [0.4, 0.5) is 0 Å². The number of rotatable bonds is 2. The third kappa shape index (κ3) is 1.67. The Morgan fingerprint density at radius 1 is 1.27 bits per heavy atom. The van der Waals surface area contributed by atoms with Crippen LogP contribution < -0.4 is 0 Å². The molecule has 0 radical (unpaired) electrons. The summed E-state index contributed by atoms with van der Waals surface area (Å²) >= 11 is 0. The van der Waals surface area contributed by atoms with Gasteiger partial charge in [-0.25, -0.2) is 0 Å². The summed E-state index contributed by atoms with van der Waals surface area (Å²) in [6.07, 6.45) is 1.68. The molecule has 0 saturated carbocycles. The molecule has 88 valence electrons. The van der Waals surface area contributed by atoms with Crippen molar-refractivity contribution < 1.29 is 9.94 Å². The maximum absolute atomic E-state index is 10.3. The minimum Gasteiger partial charge on any atom is -0.360 e. The average molecular weight is 213 g/mol. The van der Waals surface area contributed by atoms with E-state index in [-0.39, 0.29) is 10.8 Å². The molecule has 1 aliphatic rings. The summed E-state index contributed by atoms with van der Waals surface area (Å²) in [4.78, 5) is 5.22. The lowest BCUT2D eigenvalue weighted by atomic mass is 9.65. The lowest BCUT2D eigenvalue weighted by Crippen LogP contribution is -2.50. The Kier molecular flexibility index (Phi) is 2.90. The predicted molar refractivity (Wildman–Crippen MR) is 61.6 cm³/mol. The maximum Gasteiger partial charge on any atom is 0.242 e. The molecule has 1 aliphatic heterocycles. The van der Waals surface area contributed by atoms with Gasteiger partial charge in [-0.05, 0) is 12.8 Å². The molecule has 3 nitrogen and oxygen atoms in total.